The number of nitriles is 1. The molecular formula is C20H21ClN2O3S. The molecule has 1 atom stereocenters. The van der Waals surface area contributed by atoms with Crippen molar-refractivity contribution in [1.29, 1.82) is 5.26 Å². The van der Waals surface area contributed by atoms with Crippen LogP contribution in [-0.4, -0.2) is 29.8 Å². The van der Waals surface area contributed by atoms with Gasteiger partial charge in [0.15, 0.2) is 6.61 Å². The number of carbonyl (C=O) groups excluding carboxylic acids is 2. The maximum atomic E-state index is 12.0. The smallest absolute Gasteiger partial charge is 0.316 e. The van der Waals surface area contributed by atoms with Gasteiger partial charge in [0, 0.05) is 15.3 Å². The fourth-order valence-corrected chi connectivity index (χ4v) is 3.58. The Kier molecular flexibility index (Phi) is 7.11. The van der Waals surface area contributed by atoms with E-state index in [2.05, 4.69) is 11.4 Å². The third kappa shape index (κ3) is 5.38. The molecule has 1 amide bonds. The van der Waals surface area contributed by atoms with Gasteiger partial charge in [0.05, 0.1) is 11.8 Å². The summed E-state index contributed by atoms with van der Waals surface area (Å²) in [7, 11) is 0. The van der Waals surface area contributed by atoms with E-state index in [1.165, 1.54) is 11.8 Å². The minimum absolute atomic E-state index is 0.0529. The zero-order chi connectivity index (χ0) is 20.0. The number of hydrogen-bond acceptors (Lipinski definition) is 5. The molecule has 2 aromatic rings. The second-order valence-corrected chi connectivity index (χ2v) is 7.98. The zero-order valence-corrected chi connectivity index (χ0v) is 17.0. The van der Waals surface area contributed by atoms with Gasteiger partial charge < -0.3 is 10.1 Å². The van der Waals surface area contributed by atoms with Crippen LogP contribution < -0.4 is 5.32 Å². The molecule has 7 heteroatoms. The van der Waals surface area contributed by atoms with Gasteiger partial charge in [-0.3, -0.25) is 9.59 Å². The monoisotopic (exact) mass is 404 g/mol. The summed E-state index contributed by atoms with van der Waals surface area (Å²) in [5.41, 5.74) is -1.00. The first-order valence-electron chi connectivity index (χ1n) is 8.44. The lowest BCUT2D eigenvalue weighted by Gasteiger charge is -2.27. The van der Waals surface area contributed by atoms with Crippen molar-refractivity contribution in [2.45, 2.75) is 31.2 Å². The Balaban J connectivity index is 1.91. The van der Waals surface area contributed by atoms with Crippen LogP contribution in [0, 0.1) is 17.2 Å². The van der Waals surface area contributed by atoms with Crippen LogP contribution >= 0.6 is 23.4 Å². The maximum Gasteiger partial charge on any atom is 0.316 e. The molecule has 2 rings (SSSR count). The van der Waals surface area contributed by atoms with Crippen molar-refractivity contribution in [1.82, 2.24) is 5.32 Å². The number of esters is 1. The normalized spacial score (nSPS) is 13.0. The highest BCUT2D eigenvalue weighted by molar-refractivity contribution is 8.00. The lowest BCUT2D eigenvalue weighted by atomic mass is 9.90. The first-order chi connectivity index (χ1) is 12.8. The van der Waals surface area contributed by atoms with Crippen LogP contribution in [-0.2, 0) is 14.3 Å². The number of benzene rings is 2. The minimum Gasteiger partial charge on any atom is -0.455 e. The molecule has 2 aromatic carbocycles. The summed E-state index contributed by atoms with van der Waals surface area (Å²) in [6, 6.07) is 13.4. The third-order valence-electron chi connectivity index (χ3n) is 4.31. The Bertz CT molecular complexity index is 889. The molecule has 142 valence electrons. The average Bonchev–Trinajstić information content (AvgIpc) is 2.64. The highest BCUT2D eigenvalue weighted by Gasteiger charge is 2.30. The van der Waals surface area contributed by atoms with E-state index in [1.807, 2.05) is 44.2 Å². The van der Waals surface area contributed by atoms with Gasteiger partial charge in [-0.2, -0.15) is 5.26 Å². The Morgan fingerprint density at radius 2 is 1.96 bits per heavy atom. The number of nitrogens with one attached hydrogen (secondary N) is 1. The number of fused-ring (bicyclic) bond motifs is 1. The van der Waals surface area contributed by atoms with E-state index in [1.54, 1.807) is 13.0 Å². The van der Waals surface area contributed by atoms with Crippen molar-refractivity contribution in [2.75, 3.05) is 12.4 Å². The Labute approximate surface area is 168 Å². The van der Waals surface area contributed by atoms with Gasteiger partial charge in [0.1, 0.15) is 5.54 Å². The van der Waals surface area contributed by atoms with Gasteiger partial charge in [-0.1, -0.05) is 49.7 Å². The molecular weight excluding hydrogens is 384 g/mol. The Morgan fingerprint density at radius 1 is 1.30 bits per heavy atom. The molecule has 27 heavy (non-hydrogen) atoms. The van der Waals surface area contributed by atoms with Crippen LogP contribution in [0.2, 0.25) is 5.02 Å². The molecule has 0 saturated heterocycles. The number of halogens is 1. The molecule has 0 aliphatic rings. The summed E-state index contributed by atoms with van der Waals surface area (Å²) < 4.78 is 5.02. The second kappa shape index (κ2) is 9.12. The topological polar surface area (TPSA) is 79.2 Å². The number of thioether (sulfide) groups is 1. The summed E-state index contributed by atoms with van der Waals surface area (Å²) in [5, 5.41) is 14.3. The first-order valence-corrected chi connectivity index (χ1v) is 9.81. The molecule has 0 unspecified atom stereocenters. The van der Waals surface area contributed by atoms with Crippen LogP contribution in [0.15, 0.2) is 41.3 Å². The molecule has 0 aromatic heterocycles. The lowest BCUT2D eigenvalue weighted by molar-refractivity contribution is -0.146. The van der Waals surface area contributed by atoms with Gasteiger partial charge in [0.2, 0.25) is 0 Å². The van der Waals surface area contributed by atoms with Gasteiger partial charge in [-0.15, -0.1) is 11.8 Å². The summed E-state index contributed by atoms with van der Waals surface area (Å²) in [4.78, 5) is 24.8. The number of carbonyl (C=O) groups is 2. The van der Waals surface area contributed by atoms with Crippen molar-refractivity contribution < 1.29 is 14.3 Å². The quantitative estimate of drug-likeness (QED) is 0.553. The SMILES string of the molecule is CC(C)[C@@](C)(C#N)NC(=O)COC(=O)CSc1cccc2cccc(Cl)c12. The van der Waals surface area contributed by atoms with Crippen LogP contribution in [0.5, 0.6) is 0 Å². The molecule has 0 heterocycles. The van der Waals surface area contributed by atoms with E-state index >= 15 is 0 Å². The second-order valence-electron chi connectivity index (χ2n) is 6.56. The lowest BCUT2D eigenvalue weighted by Crippen LogP contribution is -2.50. The van der Waals surface area contributed by atoms with Crippen LogP contribution in [0.4, 0.5) is 0 Å². The van der Waals surface area contributed by atoms with Gasteiger partial charge in [0.25, 0.3) is 5.91 Å². The van der Waals surface area contributed by atoms with E-state index in [9.17, 15) is 14.9 Å². The molecule has 0 bridgehead atoms. The molecule has 0 radical (unpaired) electrons. The highest BCUT2D eigenvalue weighted by atomic mass is 35.5. The number of hydrogen-bond donors (Lipinski definition) is 1. The maximum absolute atomic E-state index is 12.0. The number of amides is 1. The molecule has 0 fully saturated rings. The number of rotatable bonds is 7. The van der Waals surface area contributed by atoms with Crippen LogP contribution in [0.3, 0.4) is 0 Å². The average molecular weight is 405 g/mol. The van der Waals surface area contributed by atoms with Gasteiger partial charge >= 0.3 is 5.97 Å². The number of ether oxygens (including phenoxy) is 1. The third-order valence-corrected chi connectivity index (χ3v) is 5.66. The summed E-state index contributed by atoms with van der Waals surface area (Å²) in [5.74, 6) is -1.03. The molecule has 5 nitrogen and oxygen atoms in total. The standard InChI is InChI=1S/C20H21ClN2O3S/c1-13(2)20(3,12-22)23-17(24)10-26-18(25)11-27-16-9-5-7-14-6-4-8-15(21)19(14)16/h4-9,13H,10-11H2,1-3H3,(H,23,24)/t20-/m1/s1. The fourth-order valence-electron chi connectivity index (χ4n) is 2.33. The molecule has 0 spiro atoms. The van der Waals surface area contributed by atoms with Crippen molar-refractivity contribution in [3.05, 3.63) is 41.4 Å². The zero-order valence-electron chi connectivity index (χ0n) is 15.4. The predicted molar refractivity (Wildman–Crippen MR) is 108 cm³/mol. The Morgan fingerprint density at radius 3 is 2.59 bits per heavy atom. The summed E-state index contributed by atoms with van der Waals surface area (Å²) in [6.45, 7) is 4.89. The highest BCUT2D eigenvalue weighted by Crippen LogP contribution is 2.33. The predicted octanol–water partition coefficient (Wildman–Crippen LogP) is 4.18. The van der Waals surface area contributed by atoms with E-state index in [4.69, 9.17) is 16.3 Å². The van der Waals surface area contributed by atoms with E-state index in [0.29, 0.717) is 5.02 Å². The van der Waals surface area contributed by atoms with Crippen molar-refractivity contribution in [2.24, 2.45) is 5.92 Å². The molecule has 0 aliphatic carbocycles. The van der Waals surface area contributed by atoms with E-state index in [-0.39, 0.29) is 11.7 Å². The molecule has 0 aliphatic heterocycles. The van der Waals surface area contributed by atoms with Gasteiger partial charge in [-0.05, 0) is 30.4 Å². The first kappa shape index (κ1) is 21.1. The van der Waals surface area contributed by atoms with E-state index in [0.717, 1.165) is 15.7 Å². The minimum atomic E-state index is -1.00. The van der Waals surface area contributed by atoms with Crippen molar-refractivity contribution in [3.63, 3.8) is 0 Å². The largest absolute Gasteiger partial charge is 0.455 e. The molecule has 0 saturated carbocycles. The Hall–Kier alpha value is -2.23. The van der Waals surface area contributed by atoms with E-state index < -0.39 is 24.0 Å². The van der Waals surface area contributed by atoms with Gasteiger partial charge in [-0.25, -0.2) is 0 Å². The van der Waals surface area contributed by atoms with Crippen molar-refractivity contribution >= 4 is 46.0 Å². The van der Waals surface area contributed by atoms with Crippen molar-refractivity contribution in [3.8, 4) is 6.07 Å². The fraction of sp³-hybridized carbons (Fsp3) is 0.350. The summed E-state index contributed by atoms with van der Waals surface area (Å²) in [6.07, 6.45) is 0. The number of nitrogens with zero attached hydrogens (tertiary/aromatic N) is 1. The summed E-state index contributed by atoms with van der Waals surface area (Å²) >= 11 is 7.58. The van der Waals surface area contributed by atoms with Crippen LogP contribution in [0.1, 0.15) is 20.8 Å². The molecule has 1 N–H and O–H groups in total. The van der Waals surface area contributed by atoms with Crippen LogP contribution in [0.25, 0.3) is 10.8 Å².